The summed E-state index contributed by atoms with van der Waals surface area (Å²) in [5.74, 6) is 1.26. The second-order valence-electron chi connectivity index (χ2n) is 16.4. The normalized spacial score (nSPS) is 30.5. The summed E-state index contributed by atoms with van der Waals surface area (Å²) in [6, 6.07) is 3.80. The Bertz CT molecular complexity index is 1560. The molecule has 4 bridgehead atoms. The standard InChI is InChI=1S/C39H56N4O7/c1-8-26-31-20-43(32(26)37(45)48-21-22(2)3)36(44)34(39(4,5)6)42-38(46)50-33-24-15-14-23(18-24)27(33)12-10-9-11-13-29-35(49-31)41-30-19-25(47-7)16-17-28(30)40-29/h16-17,19,22-24,26-27,31-34H,8-15,18,20-21H2,1-7H3,(H,42,46)/t23-,24+,26-,27-,31+,32+,33-,34-/m1/s1. The number of aryl methyl sites for hydroxylation is 1. The van der Waals surface area contributed by atoms with Gasteiger partial charge >= 0.3 is 12.1 Å². The van der Waals surface area contributed by atoms with Crippen molar-refractivity contribution in [1.29, 1.82) is 0 Å². The first-order valence-electron chi connectivity index (χ1n) is 18.8. The summed E-state index contributed by atoms with van der Waals surface area (Å²) in [6.07, 6.45) is 7.26. The number of esters is 1. The van der Waals surface area contributed by atoms with Gasteiger partial charge in [-0.1, -0.05) is 54.4 Å². The van der Waals surface area contributed by atoms with E-state index in [-0.39, 0.29) is 37.0 Å². The molecule has 1 aromatic heterocycles. The molecule has 2 amide bonds. The Kier molecular flexibility index (Phi) is 10.8. The Morgan fingerprint density at radius 3 is 2.54 bits per heavy atom. The van der Waals surface area contributed by atoms with Gasteiger partial charge in [-0.3, -0.25) is 4.79 Å². The number of amides is 2. The number of rotatable bonds is 5. The molecule has 0 unspecified atom stereocenters. The van der Waals surface area contributed by atoms with Gasteiger partial charge in [0, 0.05) is 12.0 Å². The van der Waals surface area contributed by atoms with E-state index in [2.05, 4.69) is 5.32 Å². The number of hydrogen-bond acceptors (Lipinski definition) is 9. The molecule has 2 aliphatic heterocycles. The van der Waals surface area contributed by atoms with Crippen LogP contribution in [0.2, 0.25) is 0 Å². The van der Waals surface area contributed by atoms with Gasteiger partial charge < -0.3 is 29.2 Å². The Morgan fingerprint density at radius 1 is 1.04 bits per heavy atom. The van der Waals surface area contributed by atoms with Gasteiger partial charge in [0.25, 0.3) is 0 Å². The molecule has 8 atom stereocenters. The van der Waals surface area contributed by atoms with Crippen LogP contribution in [0.5, 0.6) is 11.6 Å². The molecular formula is C39H56N4O7. The molecule has 2 aromatic rings. The van der Waals surface area contributed by atoms with E-state index in [4.69, 9.17) is 28.9 Å². The van der Waals surface area contributed by atoms with Crippen LogP contribution in [-0.4, -0.2) is 77.4 Å². The van der Waals surface area contributed by atoms with Crippen LogP contribution >= 0.6 is 0 Å². The first-order chi connectivity index (χ1) is 23.9. The van der Waals surface area contributed by atoms with Gasteiger partial charge in [-0.15, -0.1) is 0 Å². The Morgan fingerprint density at radius 2 is 1.82 bits per heavy atom. The van der Waals surface area contributed by atoms with Crippen molar-refractivity contribution >= 4 is 29.0 Å². The van der Waals surface area contributed by atoms with Gasteiger partial charge in [0.15, 0.2) is 0 Å². The summed E-state index contributed by atoms with van der Waals surface area (Å²) >= 11 is 0. The lowest BCUT2D eigenvalue weighted by Crippen LogP contribution is -2.58. The summed E-state index contributed by atoms with van der Waals surface area (Å²) in [6.45, 7) is 12.1. The maximum Gasteiger partial charge on any atom is 0.408 e. The molecule has 0 spiro atoms. The van der Waals surface area contributed by atoms with E-state index in [9.17, 15) is 14.4 Å². The zero-order valence-electron chi connectivity index (χ0n) is 30.9. The largest absolute Gasteiger partial charge is 0.497 e. The first kappa shape index (κ1) is 36.2. The number of fused-ring (bicyclic) bond motifs is 9. The Hall–Kier alpha value is -3.63. The average Bonchev–Trinajstić information content (AvgIpc) is 3.78. The van der Waals surface area contributed by atoms with Gasteiger partial charge in [0.1, 0.15) is 35.7 Å². The third-order valence-corrected chi connectivity index (χ3v) is 11.4. The van der Waals surface area contributed by atoms with Crippen LogP contribution in [0.25, 0.3) is 11.0 Å². The molecule has 1 N–H and O–H groups in total. The van der Waals surface area contributed by atoms with Crippen molar-refractivity contribution in [2.45, 2.75) is 124 Å². The van der Waals surface area contributed by atoms with Crippen LogP contribution in [-0.2, 0) is 25.5 Å². The molecule has 50 heavy (non-hydrogen) atoms. The number of aromatic nitrogens is 2. The van der Waals surface area contributed by atoms with Gasteiger partial charge in [0.2, 0.25) is 11.8 Å². The van der Waals surface area contributed by atoms with Crippen molar-refractivity contribution in [3.63, 3.8) is 0 Å². The van der Waals surface area contributed by atoms with Crippen molar-refractivity contribution in [2.24, 2.45) is 35.0 Å². The van der Waals surface area contributed by atoms with E-state index < -0.39 is 35.7 Å². The Labute approximate surface area is 296 Å². The molecule has 3 heterocycles. The van der Waals surface area contributed by atoms with Crippen LogP contribution in [0.3, 0.4) is 0 Å². The number of benzene rings is 1. The Balaban J connectivity index is 1.40. The fraction of sp³-hybridized carbons (Fsp3) is 0.718. The first-order valence-corrected chi connectivity index (χ1v) is 18.8. The van der Waals surface area contributed by atoms with Gasteiger partial charge in [-0.05, 0) is 86.2 Å². The van der Waals surface area contributed by atoms with E-state index in [0.717, 1.165) is 49.7 Å². The molecule has 2 saturated carbocycles. The highest BCUT2D eigenvalue weighted by molar-refractivity contribution is 5.91. The molecular weight excluding hydrogens is 636 g/mol. The van der Waals surface area contributed by atoms with E-state index in [1.54, 1.807) is 12.0 Å². The third-order valence-electron chi connectivity index (χ3n) is 11.4. The second kappa shape index (κ2) is 14.9. The third kappa shape index (κ3) is 7.52. The summed E-state index contributed by atoms with van der Waals surface area (Å²) in [7, 11) is 1.62. The predicted octanol–water partition coefficient (Wildman–Crippen LogP) is 6.49. The SMILES string of the molecule is CC[C@@H]1[C@@H]2CN(C(=O)[C@H](C(C)(C)C)NC(=O)O[C@@H]3[C@H]4CC[C@H](C4)[C@H]3CCCCCc3nc4ccc(OC)cc4nc3O2)[C@@H]1C(=O)OCC(C)C. The molecule has 2 aliphatic carbocycles. The molecule has 0 radical (unpaired) electrons. The lowest BCUT2D eigenvalue weighted by Gasteiger charge is -2.36. The summed E-state index contributed by atoms with van der Waals surface area (Å²) in [5.41, 5.74) is 1.50. The number of nitrogens with one attached hydrogen (secondary N) is 1. The van der Waals surface area contributed by atoms with Crippen LogP contribution in [0.1, 0.15) is 98.6 Å². The molecule has 3 fully saturated rings. The number of alkyl carbamates (subject to hydrolysis) is 1. The van der Waals surface area contributed by atoms with Crippen LogP contribution in [0.4, 0.5) is 4.79 Å². The fourth-order valence-corrected chi connectivity index (χ4v) is 8.81. The smallest absolute Gasteiger partial charge is 0.408 e. The highest BCUT2D eigenvalue weighted by Crippen LogP contribution is 2.51. The van der Waals surface area contributed by atoms with E-state index >= 15 is 0 Å². The molecule has 11 heteroatoms. The number of hydrogen-bond donors (Lipinski definition) is 1. The maximum atomic E-state index is 14.7. The van der Waals surface area contributed by atoms with Crippen molar-refractivity contribution in [3.05, 3.63) is 23.9 Å². The quantitative estimate of drug-likeness (QED) is 0.350. The molecule has 1 saturated heterocycles. The van der Waals surface area contributed by atoms with Crippen molar-refractivity contribution in [2.75, 3.05) is 20.3 Å². The number of carbonyl (C=O) groups is 3. The van der Waals surface area contributed by atoms with Crippen LogP contribution in [0.15, 0.2) is 18.2 Å². The highest BCUT2D eigenvalue weighted by Gasteiger charge is 2.53. The second-order valence-corrected chi connectivity index (χ2v) is 16.4. The number of nitrogens with zero attached hydrogens (tertiary/aromatic N) is 3. The van der Waals surface area contributed by atoms with E-state index in [0.29, 0.717) is 47.7 Å². The lowest BCUT2D eigenvalue weighted by atomic mass is 9.82. The van der Waals surface area contributed by atoms with E-state index in [1.165, 1.54) is 6.42 Å². The predicted molar refractivity (Wildman–Crippen MR) is 189 cm³/mol. The average molecular weight is 693 g/mol. The minimum atomic E-state index is -0.939. The van der Waals surface area contributed by atoms with Crippen molar-refractivity contribution in [3.8, 4) is 11.6 Å². The number of ether oxygens (including phenoxy) is 4. The number of carbonyl (C=O) groups excluding carboxylic acids is 3. The van der Waals surface area contributed by atoms with Gasteiger partial charge in [-0.2, -0.15) is 0 Å². The van der Waals surface area contributed by atoms with Gasteiger partial charge in [-0.25, -0.2) is 19.6 Å². The van der Waals surface area contributed by atoms with Crippen molar-refractivity contribution < 1.29 is 33.3 Å². The lowest BCUT2D eigenvalue weighted by molar-refractivity contribution is -0.157. The number of methoxy groups -OCH3 is 1. The zero-order valence-corrected chi connectivity index (χ0v) is 30.9. The minimum Gasteiger partial charge on any atom is -0.497 e. The molecule has 4 aliphatic rings. The molecule has 11 nitrogen and oxygen atoms in total. The topological polar surface area (TPSA) is 129 Å². The monoisotopic (exact) mass is 692 g/mol. The minimum absolute atomic E-state index is 0.125. The van der Waals surface area contributed by atoms with Gasteiger partial charge in [0.05, 0.1) is 31.3 Å². The molecule has 274 valence electrons. The van der Waals surface area contributed by atoms with Crippen LogP contribution < -0.4 is 14.8 Å². The highest BCUT2D eigenvalue weighted by atomic mass is 16.6. The fourth-order valence-electron chi connectivity index (χ4n) is 8.81. The summed E-state index contributed by atoms with van der Waals surface area (Å²) < 4.78 is 24.3. The summed E-state index contributed by atoms with van der Waals surface area (Å²) in [5, 5.41) is 2.98. The zero-order chi connectivity index (χ0) is 35.7. The maximum absolute atomic E-state index is 14.7. The molecule has 6 rings (SSSR count). The molecule has 1 aromatic carbocycles. The van der Waals surface area contributed by atoms with E-state index in [1.807, 2.05) is 59.7 Å². The van der Waals surface area contributed by atoms with Crippen LogP contribution in [0, 0.1) is 35.0 Å². The van der Waals surface area contributed by atoms with Crippen molar-refractivity contribution in [1.82, 2.24) is 20.2 Å². The summed E-state index contributed by atoms with van der Waals surface area (Å²) in [4.78, 5) is 53.8.